The monoisotopic (exact) mass is 236 g/mol. The molecule has 0 bridgehead atoms. The number of pyridine rings is 1. The molecule has 5 heteroatoms. The molecular weight excluding hydrogens is 216 g/mol. The average molecular weight is 236 g/mol. The lowest BCUT2D eigenvalue weighted by atomic mass is 10.2. The molecule has 0 atom stereocenters. The first-order valence-electron chi connectivity index (χ1n) is 5.59. The summed E-state index contributed by atoms with van der Waals surface area (Å²) >= 11 is 0. The van der Waals surface area contributed by atoms with Gasteiger partial charge in [0.05, 0.1) is 5.56 Å². The second-order valence-electron chi connectivity index (χ2n) is 4.13. The van der Waals surface area contributed by atoms with Crippen molar-refractivity contribution in [1.82, 2.24) is 15.2 Å². The molecule has 5 nitrogen and oxygen atoms in total. The van der Waals surface area contributed by atoms with Gasteiger partial charge in [0.15, 0.2) is 0 Å². The number of hydrogen-bond acceptors (Lipinski definition) is 4. The SMILES string of the molecule is CNCCN(C)C(=O)c1ccc(N(C)C)nc1. The van der Waals surface area contributed by atoms with Crippen molar-refractivity contribution >= 4 is 11.7 Å². The van der Waals surface area contributed by atoms with Crippen molar-refractivity contribution in [2.24, 2.45) is 0 Å². The van der Waals surface area contributed by atoms with Gasteiger partial charge in [-0.15, -0.1) is 0 Å². The van der Waals surface area contributed by atoms with E-state index in [2.05, 4.69) is 10.3 Å². The summed E-state index contributed by atoms with van der Waals surface area (Å²) in [7, 11) is 7.50. The standard InChI is InChI=1S/C12H20N4O/c1-13-7-8-16(4)12(17)10-5-6-11(14-9-10)15(2)3/h5-6,9,13H,7-8H2,1-4H3. The molecule has 0 aromatic carbocycles. The maximum Gasteiger partial charge on any atom is 0.255 e. The Morgan fingerprint density at radius 3 is 2.53 bits per heavy atom. The van der Waals surface area contributed by atoms with Crippen LogP contribution in [-0.4, -0.2) is 57.1 Å². The Hall–Kier alpha value is -1.62. The Balaban J connectivity index is 2.69. The van der Waals surface area contributed by atoms with Crippen molar-refractivity contribution in [1.29, 1.82) is 0 Å². The van der Waals surface area contributed by atoms with E-state index < -0.39 is 0 Å². The van der Waals surface area contributed by atoms with Crippen LogP contribution < -0.4 is 10.2 Å². The average Bonchev–Trinajstić information content (AvgIpc) is 2.35. The lowest BCUT2D eigenvalue weighted by Gasteiger charge is -2.17. The molecule has 94 valence electrons. The van der Waals surface area contributed by atoms with Crippen molar-refractivity contribution in [3.8, 4) is 0 Å². The third-order valence-corrected chi connectivity index (χ3v) is 2.50. The molecule has 0 aliphatic carbocycles. The Morgan fingerprint density at radius 1 is 1.35 bits per heavy atom. The van der Waals surface area contributed by atoms with Crippen LogP contribution in [0.25, 0.3) is 0 Å². The minimum absolute atomic E-state index is 0.00180. The zero-order valence-corrected chi connectivity index (χ0v) is 10.9. The van der Waals surface area contributed by atoms with Gasteiger partial charge in [-0.1, -0.05) is 0 Å². The number of amides is 1. The summed E-state index contributed by atoms with van der Waals surface area (Å²) < 4.78 is 0. The Bertz CT molecular complexity index is 361. The maximum absolute atomic E-state index is 12.0. The van der Waals surface area contributed by atoms with Crippen LogP contribution in [0, 0.1) is 0 Å². The van der Waals surface area contributed by atoms with Gasteiger partial charge in [0.1, 0.15) is 5.82 Å². The number of rotatable bonds is 5. The number of carbonyl (C=O) groups excluding carboxylic acids is 1. The van der Waals surface area contributed by atoms with Gasteiger partial charge in [-0.25, -0.2) is 4.98 Å². The van der Waals surface area contributed by atoms with E-state index >= 15 is 0 Å². The molecule has 1 aromatic rings. The zero-order chi connectivity index (χ0) is 12.8. The number of anilines is 1. The topological polar surface area (TPSA) is 48.5 Å². The second-order valence-corrected chi connectivity index (χ2v) is 4.13. The summed E-state index contributed by atoms with van der Waals surface area (Å²) in [6, 6.07) is 3.65. The summed E-state index contributed by atoms with van der Waals surface area (Å²) in [4.78, 5) is 19.8. The third-order valence-electron chi connectivity index (χ3n) is 2.50. The first kappa shape index (κ1) is 13.4. The number of carbonyl (C=O) groups is 1. The van der Waals surface area contributed by atoms with Crippen LogP contribution in [0.3, 0.4) is 0 Å². The van der Waals surface area contributed by atoms with E-state index in [4.69, 9.17) is 0 Å². The molecule has 0 unspecified atom stereocenters. The predicted octanol–water partition coefficient (Wildman–Crippen LogP) is 0.439. The molecule has 1 rings (SSSR count). The normalized spacial score (nSPS) is 10.1. The first-order chi connectivity index (χ1) is 8.06. The van der Waals surface area contributed by atoms with E-state index in [1.165, 1.54) is 0 Å². The van der Waals surface area contributed by atoms with Gasteiger partial charge in [0.25, 0.3) is 5.91 Å². The molecule has 0 saturated carbocycles. The molecule has 1 amide bonds. The third kappa shape index (κ3) is 3.71. The fourth-order valence-electron chi connectivity index (χ4n) is 1.38. The fraction of sp³-hybridized carbons (Fsp3) is 0.500. The van der Waals surface area contributed by atoms with Gasteiger partial charge in [0.2, 0.25) is 0 Å². The summed E-state index contributed by atoms with van der Waals surface area (Å²) in [5.74, 6) is 0.845. The van der Waals surface area contributed by atoms with Crippen molar-refractivity contribution in [3.63, 3.8) is 0 Å². The molecule has 0 spiro atoms. The van der Waals surface area contributed by atoms with E-state index in [-0.39, 0.29) is 5.91 Å². The Morgan fingerprint density at radius 2 is 2.06 bits per heavy atom. The number of aromatic nitrogens is 1. The molecule has 0 saturated heterocycles. The summed E-state index contributed by atoms with van der Waals surface area (Å²) in [5, 5.41) is 3.01. The van der Waals surface area contributed by atoms with Crippen LogP contribution in [-0.2, 0) is 0 Å². The molecule has 0 radical (unpaired) electrons. The van der Waals surface area contributed by atoms with Gasteiger partial charge in [-0.2, -0.15) is 0 Å². The smallest absolute Gasteiger partial charge is 0.255 e. The van der Waals surface area contributed by atoms with E-state index in [1.807, 2.05) is 32.1 Å². The molecule has 0 aliphatic rings. The first-order valence-corrected chi connectivity index (χ1v) is 5.59. The number of hydrogen-bond donors (Lipinski definition) is 1. The molecule has 1 heterocycles. The van der Waals surface area contributed by atoms with Gasteiger partial charge in [-0.05, 0) is 19.2 Å². The van der Waals surface area contributed by atoms with Crippen LogP contribution in [0.1, 0.15) is 10.4 Å². The molecule has 1 N–H and O–H groups in total. The van der Waals surface area contributed by atoms with Crippen LogP contribution in [0.5, 0.6) is 0 Å². The van der Waals surface area contributed by atoms with E-state index in [0.29, 0.717) is 12.1 Å². The van der Waals surface area contributed by atoms with Gasteiger partial charge >= 0.3 is 0 Å². The van der Waals surface area contributed by atoms with E-state index in [1.54, 1.807) is 24.2 Å². The highest BCUT2D eigenvalue weighted by atomic mass is 16.2. The van der Waals surface area contributed by atoms with Crippen molar-refractivity contribution in [2.45, 2.75) is 0 Å². The van der Waals surface area contributed by atoms with Gasteiger partial charge in [-0.3, -0.25) is 4.79 Å². The molecule has 1 aromatic heterocycles. The predicted molar refractivity (Wildman–Crippen MR) is 69.5 cm³/mol. The van der Waals surface area contributed by atoms with Crippen molar-refractivity contribution in [2.75, 3.05) is 46.2 Å². The lowest BCUT2D eigenvalue weighted by Crippen LogP contribution is -2.32. The molecular formula is C12H20N4O. The lowest BCUT2D eigenvalue weighted by molar-refractivity contribution is 0.0796. The summed E-state index contributed by atoms with van der Waals surface area (Å²) in [6.07, 6.45) is 1.62. The van der Waals surface area contributed by atoms with Crippen molar-refractivity contribution < 1.29 is 4.79 Å². The maximum atomic E-state index is 12.0. The van der Waals surface area contributed by atoms with Crippen LogP contribution in [0.2, 0.25) is 0 Å². The van der Waals surface area contributed by atoms with Crippen LogP contribution in [0.15, 0.2) is 18.3 Å². The quantitative estimate of drug-likeness (QED) is 0.806. The molecule has 0 aliphatic heterocycles. The van der Waals surface area contributed by atoms with Crippen LogP contribution in [0.4, 0.5) is 5.82 Å². The zero-order valence-electron chi connectivity index (χ0n) is 10.9. The summed E-state index contributed by atoms with van der Waals surface area (Å²) in [6.45, 7) is 1.47. The van der Waals surface area contributed by atoms with Crippen LogP contribution >= 0.6 is 0 Å². The highest BCUT2D eigenvalue weighted by molar-refractivity contribution is 5.93. The van der Waals surface area contributed by atoms with Gasteiger partial charge in [0, 0.05) is 40.4 Å². The van der Waals surface area contributed by atoms with E-state index in [9.17, 15) is 4.79 Å². The molecule has 0 fully saturated rings. The second kappa shape index (κ2) is 6.20. The number of nitrogens with one attached hydrogen (secondary N) is 1. The Labute approximate surface area is 102 Å². The minimum atomic E-state index is -0.00180. The minimum Gasteiger partial charge on any atom is -0.363 e. The Kier molecular flexibility index (Phi) is 4.90. The highest BCUT2D eigenvalue weighted by Crippen LogP contribution is 2.09. The highest BCUT2D eigenvalue weighted by Gasteiger charge is 2.11. The largest absolute Gasteiger partial charge is 0.363 e. The van der Waals surface area contributed by atoms with E-state index in [0.717, 1.165) is 12.4 Å². The fourth-order valence-corrected chi connectivity index (χ4v) is 1.38. The van der Waals surface area contributed by atoms with Gasteiger partial charge < -0.3 is 15.1 Å². The summed E-state index contributed by atoms with van der Waals surface area (Å²) in [5.41, 5.74) is 0.620. The molecule has 17 heavy (non-hydrogen) atoms. The van der Waals surface area contributed by atoms with Crippen molar-refractivity contribution in [3.05, 3.63) is 23.9 Å². The number of nitrogens with zero attached hydrogens (tertiary/aromatic N) is 3. The number of likely N-dealkylation sites (N-methyl/N-ethyl adjacent to an activating group) is 2.